The number of piperazine rings is 1. The van der Waals surface area contributed by atoms with Gasteiger partial charge in [-0.05, 0) is 39.0 Å². The van der Waals surface area contributed by atoms with Gasteiger partial charge >= 0.3 is 0 Å². The first-order valence-electron chi connectivity index (χ1n) is 6.92. The summed E-state index contributed by atoms with van der Waals surface area (Å²) in [6.45, 7) is 8.37. The Bertz CT molecular complexity index is 618. The molecule has 0 bridgehead atoms. The van der Waals surface area contributed by atoms with Crippen LogP contribution in [0.1, 0.15) is 20.8 Å². The van der Waals surface area contributed by atoms with Crippen molar-refractivity contribution in [1.82, 2.24) is 9.21 Å². The van der Waals surface area contributed by atoms with Crippen molar-refractivity contribution in [1.29, 1.82) is 0 Å². The Kier molecular flexibility index (Phi) is 4.28. The number of halogens is 1. The zero-order chi connectivity index (χ0) is 15.8. The van der Waals surface area contributed by atoms with Crippen LogP contribution in [0.15, 0.2) is 23.1 Å². The van der Waals surface area contributed by atoms with E-state index in [9.17, 15) is 12.8 Å². The first kappa shape index (κ1) is 16.2. The van der Waals surface area contributed by atoms with E-state index < -0.39 is 15.8 Å². The molecular weight excluding hydrogens is 293 g/mol. The summed E-state index contributed by atoms with van der Waals surface area (Å²) in [5, 5.41) is 0. The molecule has 118 valence electrons. The van der Waals surface area contributed by atoms with Crippen LogP contribution in [0.3, 0.4) is 0 Å². The molecule has 0 saturated carbocycles. The maximum absolute atomic E-state index is 13.3. The number of sulfonamides is 1. The minimum absolute atomic E-state index is 0.00767. The van der Waals surface area contributed by atoms with Crippen molar-refractivity contribution in [2.24, 2.45) is 0 Å². The van der Waals surface area contributed by atoms with Crippen LogP contribution in [0.25, 0.3) is 0 Å². The van der Waals surface area contributed by atoms with Gasteiger partial charge in [-0.2, -0.15) is 4.31 Å². The van der Waals surface area contributed by atoms with Gasteiger partial charge in [0.1, 0.15) is 10.7 Å². The normalized spacial score (nSPS) is 18.9. The topological polar surface area (TPSA) is 66.6 Å². The molecule has 1 aromatic rings. The van der Waals surface area contributed by atoms with Crippen LogP contribution in [0, 0.1) is 5.82 Å². The molecule has 0 aliphatic carbocycles. The summed E-state index contributed by atoms with van der Waals surface area (Å²) in [6, 6.07) is 3.43. The van der Waals surface area contributed by atoms with E-state index >= 15 is 0 Å². The largest absolute Gasteiger partial charge is 0.398 e. The van der Waals surface area contributed by atoms with Crippen molar-refractivity contribution in [2.75, 3.05) is 31.9 Å². The van der Waals surface area contributed by atoms with Crippen LogP contribution >= 0.6 is 0 Å². The molecule has 0 radical (unpaired) electrons. The van der Waals surface area contributed by atoms with Crippen LogP contribution < -0.4 is 5.73 Å². The molecule has 7 heteroatoms. The van der Waals surface area contributed by atoms with Gasteiger partial charge in [-0.3, -0.25) is 4.90 Å². The summed E-state index contributed by atoms with van der Waals surface area (Å²) in [5.74, 6) is -0.601. The Morgan fingerprint density at radius 1 is 1.14 bits per heavy atom. The van der Waals surface area contributed by atoms with E-state index in [0.717, 1.165) is 12.1 Å². The quantitative estimate of drug-likeness (QED) is 0.840. The van der Waals surface area contributed by atoms with Crippen LogP contribution in [0.2, 0.25) is 0 Å². The van der Waals surface area contributed by atoms with Crippen molar-refractivity contribution in [3.8, 4) is 0 Å². The molecular formula is C14H22FN3O2S. The summed E-state index contributed by atoms with van der Waals surface area (Å²) in [5.41, 5.74) is 5.78. The number of benzene rings is 1. The lowest BCUT2D eigenvalue weighted by atomic mass is 10.1. The molecule has 0 atom stereocenters. The summed E-state index contributed by atoms with van der Waals surface area (Å²) in [7, 11) is -3.74. The molecule has 21 heavy (non-hydrogen) atoms. The van der Waals surface area contributed by atoms with E-state index in [1.54, 1.807) is 0 Å². The molecule has 0 amide bonds. The minimum Gasteiger partial charge on any atom is -0.398 e. The van der Waals surface area contributed by atoms with Gasteiger partial charge in [0.2, 0.25) is 10.0 Å². The van der Waals surface area contributed by atoms with Gasteiger partial charge < -0.3 is 5.73 Å². The van der Waals surface area contributed by atoms with E-state index in [1.165, 1.54) is 10.4 Å². The van der Waals surface area contributed by atoms with E-state index in [0.29, 0.717) is 26.2 Å². The fourth-order valence-corrected chi connectivity index (χ4v) is 4.02. The highest BCUT2D eigenvalue weighted by Gasteiger charge is 2.33. The van der Waals surface area contributed by atoms with Gasteiger partial charge in [-0.25, -0.2) is 12.8 Å². The number of nitrogens with zero attached hydrogens (tertiary/aromatic N) is 2. The summed E-state index contributed by atoms with van der Waals surface area (Å²) in [4.78, 5) is 2.08. The number of nitrogen functional groups attached to an aromatic ring is 1. The second-order valence-electron chi connectivity index (χ2n) is 6.24. The maximum Gasteiger partial charge on any atom is 0.245 e. The Morgan fingerprint density at radius 2 is 1.71 bits per heavy atom. The molecule has 5 nitrogen and oxygen atoms in total. The minimum atomic E-state index is -3.74. The average molecular weight is 315 g/mol. The highest BCUT2D eigenvalue weighted by atomic mass is 32.2. The van der Waals surface area contributed by atoms with Gasteiger partial charge in [-0.15, -0.1) is 0 Å². The van der Waals surface area contributed by atoms with Crippen LogP contribution in [-0.2, 0) is 10.0 Å². The standard InChI is InChI=1S/C14H22FN3O2S/c1-14(2,3)17-6-8-18(9-7-17)21(19,20)13-10-11(15)4-5-12(13)16/h4-5,10H,6-9,16H2,1-3H3. The van der Waals surface area contributed by atoms with E-state index in [-0.39, 0.29) is 16.1 Å². The average Bonchev–Trinajstić information content (AvgIpc) is 2.40. The second kappa shape index (κ2) is 5.55. The lowest BCUT2D eigenvalue weighted by Crippen LogP contribution is -2.54. The molecule has 1 aliphatic heterocycles. The van der Waals surface area contributed by atoms with Gasteiger partial charge in [0.15, 0.2) is 0 Å². The molecule has 2 N–H and O–H groups in total. The molecule has 1 aliphatic rings. The van der Waals surface area contributed by atoms with Crippen molar-refractivity contribution in [3.63, 3.8) is 0 Å². The molecule has 0 aromatic heterocycles. The predicted molar refractivity (Wildman–Crippen MR) is 80.9 cm³/mol. The maximum atomic E-state index is 13.3. The lowest BCUT2D eigenvalue weighted by molar-refractivity contribution is 0.0922. The third-order valence-electron chi connectivity index (χ3n) is 3.78. The molecule has 0 spiro atoms. The number of anilines is 1. The van der Waals surface area contributed by atoms with E-state index in [1.807, 2.05) is 0 Å². The number of nitrogens with two attached hydrogens (primary N) is 1. The third-order valence-corrected chi connectivity index (χ3v) is 5.74. The lowest BCUT2D eigenvalue weighted by Gasteiger charge is -2.41. The van der Waals surface area contributed by atoms with Gasteiger partial charge in [-0.1, -0.05) is 0 Å². The molecule has 1 heterocycles. The molecule has 1 saturated heterocycles. The monoisotopic (exact) mass is 315 g/mol. The fourth-order valence-electron chi connectivity index (χ4n) is 2.47. The number of hydrogen-bond acceptors (Lipinski definition) is 4. The SMILES string of the molecule is CC(C)(C)N1CCN(S(=O)(=O)c2cc(F)ccc2N)CC1. The second-order valence-corrected chi connectivity index (χ2v) is 8.15. The van der Waals surface area contributed by atoms with E-state index in [4.69, 9.17) is 5.73 Å². The van der Waals surface area contributed by atoms with Gasteiger partial charge in [0.05, 0.1) is 5.69 Å². The highest BCUT2D eigenvalue weighted by Crippen LogP contribution is 2.25. The van der Waals surface area contributed by atoms with Crippen molar-refractivity contribution >= 4 is 15.7 Å². The molecule has 2 rings (SSSR count). The number of hydrogen-bond donors (Lipinski definition) is 1. The van der Waals surface area contributed by atoms with Crippen molar-refractivity contribution in [3.05, 3.63) is 24.0 Å². The predicted octanol–water partition coefficient (Wildman–Crippen LogP) is 1.51. The van der Waals surface area contributed by atoms with Crippen LogP contribution in [-0.4, -0.2) is 49.3 Å². The van der Waals surface area contributed by atoms with Gasteiger partial charge in [0, 0.05) is 31.7 Å². The Morgan fingerprint density at radius 3 is 2.24 bits per heavy atom. The van der Waals surface area contributed by atoms with Crippen LogP contribution in [0.5, 0.6) is 0 Å². The van der Waals surface area contributed by atoms with Crippen molar-refractivity contribution in [2.45, 2.75) is 31.2 Å². The summed E-state index contributed by atoms with van der Waals surface area (Å²) < 4.78 is 39.8. The zero-order valence-corrected chi connectivity index (χ0v) is 13.5. The summed E-state index contributed by atoms with van der Waals surface area (Å²) in [6.07, 6.45) is 0. The first-order valence-corrected chi connectivity index (χ1v) is 8.36. The molecule has 1 fully saturated rings. The summed E-state index contributed by atoms with van der Waals surface area (Å²) >= 11 is 0. The first-order chi connectivity index (χ1) is 9.62. The third kappa shape index (κ3) is 3.36. The molecule has 1 aromatic carbocycles. The fraction of sp³-hybridized carbons (Fsp3) is 0.571. The number of rotatable bonds is 2. The van der Waals surface area contributed by atoms with E-state index in [2.05, 4.69) is 25.7 Å². The highest BCUT2D eigenvalue weighted by molar-refractivity contribution is 7.89. The van der Waals surface area contributed by atoms with Gasteiger partial charge in [0.25, 0.3) is 0 Å². The van der Waals surface area contributed by atoms with Crippen LogP contribution in [0.4, 0.5) is 10.1 Å². The Hall–Kier alpha value is -1.18. The van der Waals surface area contributed by atoms with Crippen molar-refractivity contribution < 1.29 is 12.8 Å². The Balaban J connectivity index is 2.21. The smallest absolute Gasteiger partial charge is 0.245 e. The zero-order valence-electron chi connectivity index (χ0n) is 12.6. The molecule has 0 unspecified atom stereocenters. The Labute approximate surface area is 125 Å².